The largest absolute Gasteiger partial charge is 0.458 e. The number of carbonyl (C=O) groups is 1. The van der Waals surface area contributed by atoms with Crippen molar-refractivity contribution in [2.45, 2.75) is 130 Å². The second-order valence-corrected chi connectivity index (χ2v) is 16.4. The summed E-state index contributed by atoms with van der Waals surface area (Å²) in [6.45, 7) is 19.7. The van der Waals surface area contributed by atoms with Crippen molar-refractivity contribution < 1.29 is 24.9 Å². The third-order valence-corrected chi connectivity index (χ3v) is 13.8. The third-order valence-electron chi connectivity index (χ3n) is 13.8. The number of ether oxygens (including phenoxy) is 1. The maximum atomic E-state index is 13.7. The van der Waals surface area contributed by atoms with E-state index in [2.05, 4.69) is 41.2 Å². The summed E-state index contributed by atoms with van der Waals surface area (Å²) in [7, 11) is 0. The van der Waals surface area contributed by atoms with E-state index in [1.807, 2.05) is 30.3 Å². The Kier molecular flexibility index (Phi) is 8.11. The summed E-state index contributed by atoms with van der Waals surface area (Å²) >= 11 is 0. The minimum Gasteiger partial charge on any atom is -0.458 e. The van der Waals surface area contributed by atoms with Gasteiger partial charge in [-0.25, -0.2) is 4.79 Å². The maximum Gasteiger partial charge on any atom is 0.338 e. The molecule has 0 amide bonds. The molecule has 4 fully saturated rings. The number of benzene rings is 1. The number of aliphatic hydroxyl groups excluding tert-OH is 2. The van der Waals surface area contributed by atoms with Gasteiger partial charge in [-0.1, -0.05) is 65.0 Å². The molecule has 0 spiro atoms. The van der Waals surface area contributed by atoms with E-state index >= 15 is 0 Å². The number of carbonyl (C=O) groups excluding carboxylic acids is 1. The summed E-state index contributed by atoms with van der Waals surface area (Å²) in [5.74, 6) is 1.20. The smallest absolute Gasteiger partial charge is 0.338 e. The molecule has 5 rings (SSSR count). The molecule has 42 heavy (non-hydrogen) atoms. The molecule has 0 saturated heterocycles. The quantitative estimate of drug-likeness (QED) is 0.232. The van der Waals surface area contributed by atoms with Crippen molar-refractivity contribution in [1.82, 2.24) is 0 Å². The summed E-state index contributed by atoms with van der Waals surface area (Å²) < 4.78 is 6.65. The SMILES string of the molecule is C=C(CC[C@@H](O)C(C)(C)O)[C@H]1CC[C@]2(C)[C@@H]1CC[C@@H]1[C@@]3(C)CC[C@H](O)C(C)(C)[C@@H]3C[C@H](OC(=O)c3ccccc3)[C@]12C. The number of allylic oxidation sites excluding steroid dienone is 1. The third kappa shape index (κ3) is 4.81. The Labute approximate surface area is 254 Å². The van der Waals surface area contributed by atoms with Crippen LogP contribution in [0.25, 0.3) is 0 Å². The predicted molar refractivity (Wildman–Crippen MR) is 167 cm³/mol. The zero-order chi connectivity index (χ0) is 30.9. The van der Waals surface area contributed by atoms with Crippen LogP contribution in [0.4, 0.5) is 0 Å². The summed E-state index contributed by atoms with van der Waals surface area (Å²) in [6.07, 6.45) is 6.79. The van der Waals surface area contributed by atoms with Crippen molar-refractivity contribution in [3.8, 4) is 0 Å². The highest BCUT2D eigenvalue weighted by atomic mass is 16.5. The minimum atomic E-state index is -1.12. The maximum absolute atomic E-state index is 13.7. The van der Waals surface area contributed by atoms with Crippen molar-refractivity contribution in [2.24, 2.45) is 45.3 Å². The topological polar surface area (TPSA) is 87.0 Å². The molecule has 1 aromatic rings. The number of hydrogen-bond donors (Lipinski definition) is 3. The fraction of sp³-hybridized carbons (Fsp3) is 0.757. The van der Waals surface area contributed by atoms with Gasteiger partial charge < -0.3 is 20.1 Å². The van der Waals surface area contributed by atoms with Gasteiger partial charge in [0.05, 0.1) is 23.4 Å². The van der Waals surface area contributed by atoms with Crippen LogP contribution in [0.1, 0.15) is 117 Å². The van der Waals surface area contributed by atoms with Crippen LogP contribution < -0.4 is 0 Å². The van der Waals surface area contributed by atoms with Crippen LogP contribution in [0.15, 0.2) is 42.5 Å². The zero-order valence-electron chi connectivity index (χ0n) is 27.2. The monoisotopic (exact) mass is 580 g/mol. The van der Waals surface area contributed by atoms with Crippen molar-refractivity contribution >= 4 is 5.97 Å². The highest BCUT2D eigenvalue weighted by Gasteiger charge is 2.72. The first-order chi connectivity index (χ1) is 19.5. The van der Waals surface area contributed by atoms with Crippen LogP contribution in [-0.2, 0) is 4.74 Å². The molecule has 0 heterocycles. The first kappa shape index (κ1) is 31.7. The number of esters is 1. The summed E-state index contributed by atoms with van der Waals surface area (Å²) in [6, 6.07) is 9.38. The number of rotatable bonds is 7. The molecule has 0 aliphatic heterocycles. The molecule has 0 aromatic heterocycles. The second-order valence-electron chi connectivity index (χ2n) is 16.4. The Morgan fingerprint density at radius 1 is 1.02 bits per heavy atom. The molecule has 4 aliphatic carbocycles. The van der Waals surface area contributed by atoms with Gasteiger partial charge in [0.25, 0.3) is 0 Å². The molecule has 0 bridgehead atoms. The standard InChI is InChI=1S/C37H56O5/c1-23(14-17-30(39)34(4,5)41)25-18-21-36(7)26(25)15-16-27-35(6)20-19-29(38)33(2,3)28(35)22-31(37(27,36)8)42-32(40)24-12-10-9-11-13-24/h9-13,25-31,38-39,41H,1,14-22H2,2-8H3/t25-,26-,27-,28+,29+,30-,31+,35-,36-,37+/m1/s1. The van der Waals surface area contributed by atoms with Gasteiger partial charge in [0.15, 0.2) is 0 Å². The summed E-state index contributed by atoms with van der Waals surface area (Å²) in [4.78, 5) is 13.7. The van der Waals surface area contributed by atoms with Crippen LogP contribution >= 0.6 is 0 Å². The van der Waals surface area contributed by atoms with Crippen LogP contribution in [0.3, 0.4) is 0 Å². The van der Waals surface area contributed by atoms with Crippen LogP contribution in [0.5, 0.6) is 0 Å². The first-order valence-corrected chi connectivity index (χ1v) is 16.5. The average Bonchev–Trinajstić information content (AvgIpc) is 3.29. The molecular formula is C37H56O5. The van der Waals surface area contributed by atoms with Crippen LogP contribution in [-0.4, -0.2) is 45.2 Å². The van der Waals surface area contributed by atoms with Crippen molar-refractivity contribution in [3.05, 3.63) is 48.0 Å². The van der Waals surface area contributed by atoms with E-state index in [0.29, 0.717) is 36.2 Å². The van der Waals surface area contributed by atoms with Gasteiger partial charge in [0.1, 0.15) is 6.10 Å². The molecule has 1 aromatic carbocycles. The number of fused-ring (bicyclic) bond motifs is 5. The summed E-state index contributed by atoms with van der Waals surface area (Å²) in [5, 5.41) is 32.0. The molecule has 5 heteroatoms. The molecule has 4 aliphatic rings. The van der Waals surface area contributed by atoms with E-state index in [4.69, 9.17) is 4.74 Å². The molecular weight excluding hydrogens is 524 g/mol. The van der Waals surface area contributed by atoms with Crippen molar-refractivity contribution in [2.75, 3.05) is 0 Å². The van der Waals surface area contributed by atoms with Crippen LogP contribution in [0.2, 0.25) is 0 Å². The van der Waals surface area contributed by atoms with Gasteiger partial charge in [-0.15, -0.1) is 0 Å². The Morgan fingerprint density at radius 2 is 1.69 bits per heavy atom. The number of aliphatic hydroxyl groups is 3. The van der Waals surface area contributed by atoms with E-state index in [1.54, 1.807) is 13.8 Å². The van der Waals surface area contributed by atoms with E-state index in [1.165, 1.54) is 5.57 Å². The highest BCUT2D eigenvalue weighted by molar-refractivity contribution is 5.89. The van der Waals surface area contributed by atoms with Gasteiger partial charge >= 0.3 is 5.97 Å². The Hall–Kier alpha value is -1.69. The lowest BCUT2D eigenvalue weighted by molar-refractivity contribution is -0.261. The Bertz CT molecular complexity index is 1170. The normalized spacial score (nSPS) is 41.7. The van der Waals surface area contributed by atoms with Gasteiger partial charge in [-0.05, 0) is 124 Å². The molecule has 3 N–H and O–H groups in total. The lowest BCUT2D eigenvalue weighted by Gasteiger charge is -2.71. The van der Waals surface area contributed by atoms with Gasteiger partial charge in [0, 0.05) is 5.41 Å². The lowest BCUT2D eigenvalue weighted by atomic mass is 9.34. The Morgan fingerprint density at radius 3 is 2.33 bits per heavy atom. The van der Waals surface area contributed by atoms with E-state index in [-0.39, 0.29) is 45.8 Å². The molecule has 4 saturated carbocycles. The fourth-order valence-corrected chi connectivity index (χ4v) is 10.9. The van der Waals surface area contributed by atoms with Crippen LogP contribution in [0, 0.1) is 45.3 Å². The van der Waals surface area contributed by atoms with Crippen molar-refractivity contribution in [3.63, 3.8) is 0 Å². The molecule has 5 nitrogen and oxygen atoms in total. The van der Waals surface area contributed by atoms with E-state index < -0.39 is 11.7 Å². The van der Waals surface area contributed by atoms with Crippen molar-refractivity contribution in [1.29, 1.82) is 0 Å². The Balaban J connectivity index is 1.50. The first-order valence-electron chi connectivity index (χ1n) is 16.5. The average molecular weight is 581 g/mol. The molecule has 0 radical (unpaired) electrons. The number of hydrogen-bond acceptors (Lipinski definition) is 5. The lowest BCUT2D eigenvalue weighted by Crippen LogP contribution is -2.69. The van der Waals surface area contributed by atoms with E-state index in [9.17, 15) is 20.1 Å². The van der Waals surface area contributed by atoms with Gasteiger partial charge in [-0.3, -0.25) is 0 Å². The predicted octanol–water partition coefficient (Wildman–Crippen LogP) is 7.34. The zero-order valence-corrected chi connectivity index (χ0v) is 27.2. The summed E-state index contributed by atoms with van der Waals surface area (Å²) in [5.41, 5.74) is 0.217. The fourth-order valence-electron chi connectivity index (χ4n) is 10.9. The molecule has 10 atom stereocenters. The molecule has 0 unspecified atom stereocenters. The highest BCUT2D eigenvalue weighted by Crippen LogP contribution is 2.76. The second kappa shape index (κ2) is 10.7. The minimum absolute atomic E-state index is 0.0335. The molecule has 234 valence electrons. The van der Waals surface area contributed by atoms with Gasteiger partial charge in [0.2, 0.25) is 0 Å². The van der Waals surface area contributed by atoms with E-state index in [0.717, 1.165) is 44.9 Å². The van der Waals surface area contributed by atoms with Gasteiger partial charge in [-0.2, -0.15) is 0 Å².